The number of benzene rings is 2. The van der Waals surface area contributed by atoms with Crippen molar-refractivity contribution in [2.24, 2.45) is 4.99 Å². The number of quaternary nitrogens is 1. The molecule has 0 fully saturated rings. The van der Waals surface area contributed by atoms with E-state index in [-0.39, 0.29) is 0 Å². The second-order valence-electron chi connectivity index (χ2n) is 6.76. The number of fused-ring (bicyclic) bond motifs is 2. The Morgan fingerprint density at radius 3 is 2.72 bits per heavy atom. The number of nitrogens with zero attached hydrogens (tertiary/aromatic N) is 2. The first kappa shape index (κ1) is 17.5. The van der Waals surface area contributed by atoms with E-state index in [9.17, 15) is 5.11 Å². The van der Waals surface area contributed by atoms with Crippen molar-refractivity contribution >= 4 is 43.5 Å². The van der Waals surface area contributed by atoms with Gasteiger partial charge in [0.25, 0.3) is 9.40 Å². The summed E-state index contributed by atoms with van der Waals surface area (Å²) in [4.78, 5) is 8.62. The van der Waals surface area contributed by atoms with E-state index in [1.165, 1.54) is 4.70 Å². The summed E-state index contributed by atoms with van der Waals surface area (Å²) in [6.07, 6.45) is -0.502. The number of aliphatic imine (C=N–C) groups is 1. The second-order valence-corrected chi connectivity index (χ2v) is 7.85. The fourth-order valence-electron chi connectivity index (χ4n) is 2.40. The number of nitrogens with two attached hydrogens (primary N) is 1. The van der Waals surface area contributed by atoms with Gasteiger partial charge in [0.05, 0.1) is 12.6 Å². The van der Waals surface area contributed by atoms with Crippen LogP contribution in [0.4, 0.5) is 5.69 Å². The second kappa shape index (κ2) is 7.29. The van der Waals surface area contributed by atoms with Crippen molar-refractivity contribution in [3.05, 3.63) is 42.5 Å². The van der Waals surface area contributed by atoms with Crippen molar-refractivity contribution in [2.45, 2.75) is 26.4 Å². The summed E-state index contributed by atoms with van der Waals surface area (Å²) in [6, 6.07) is 14.4. The van der Waals surface area contributed by atoms with Crippen molar-refractivity contribution in [3.63, 3.8) is 0 Å². The Bertz CT molecular complexity index is 919. The van der Waals surface area contributed by atoms with E-state index in [0.29, 0.717) is 13.1 Å². The van der Waals surface area contributed by atoms with Crippen LogP contribution in [0, 0.1) is 0 Å². The van der Waals surface area contributed by atoms with Crippen LogP contribution in [0.2, 0.25) is 0 Å². The third kappa shape index (κ3) is 4.84. The SMILES string of the molecule is CC(C)(C)OC([O-])=NCC[NH2+]c1ccc2nc3ccccc3[s+]c2c1. The van der Waals surface area contributed by atoms with Crippen LogP contribution in [0.5, 0.6) is 0 Å². The van der Waals surface area contributed by atoms with E-state index < -0.39 is 11.7 Å². The minimum atomic E-state index is -0.502. The average Bonchev–Trinajstić information content (AvgIpc) is 2.55. The Morgan fingerprint density at radius 2 is 1.92 bits per heavy atom. The monoisotopic (exact) mass is 356 g/mol. The molecule has 1 aromatic heterocycles. The highest BCUT2D eigenvalue weighted by atomic mass is 32.1. The molecule has 3 aromatic rings. The van der Waals surface area contributed by atoms with Gasteiger partial charge in [0.2, 0.25) is 11.3 Å². The van der Waals surface area contributed by atoms with Gasteiger partial charge < -0.3 is 15.2 Å². The Kier molecular flexibility index (Phi) is 5.11. The molecule has 5 nitrogen and oxygen atoms in total. The lowest BCUT2D eigenvalue weighted by atomic mass is 10.2. The fourth-order valence-corrected chi connectivity index (χ4v) is 3.41. The highest BCUT2D eigenvalue weighted by Gasteiger charge is 2.13. The van der Waals surface area contributed by atoms with E-state index >= 15 is 0 Å². The van der Waals surface area contributed by atoms with Gasteiger partial charge in [-0.1, -0.05) is 32.9 Å². The third-order valence-corrected chi connectivity index (χ3v) is 4.57. The molecule has 0 amide bonds. The standard InChI is InChI=1S/C19H21N3O2S/c1-19(2,3)24-18(23)21-11-10-20-13-8-9-15-17(12-13)25-16-7-5-4-6-14(16)22-15/h4-9,12,20H,10-11H2,1-3H3/p+1. The molecular formula is C19H22N3O2S+. The predicted octanol–water partition coefficient (Wildman–Crippen LogP) is 2.46. The molecule has 0 bridgehead atoms. The molecule has 2 aromatic carbocycles. The van der Waals surface area contributed by atoms with Gasteiger partial charge in [-0.05, 0) is 12.1 Å². The molecular weight excluding hydrogens is 334 g/mol. The van der Waals surface area contributed by atoms with Crippen molar-refractivity contribution in [1.82, 2.24) is 4.98 Å². The lowest BCUT2D eigenvalue weighted by Crippen LogP contribution is -2.78. The van der Waals surface area contributed by atoms with Crippen LogP contribution in [-0.4, -0.2) is 29.8 Å². The molecule has 2 N–H and O–H groups in total. The highest BCUT2D eigenvalue weighted by molar-refractivity contribution is 7.24. The van der Waals surface area contributed by atoms with E-state index in [1.807, 2.05) is 51.1 Å². The number of rotatable bonds is 4. The van der Waals surface area contributed by atoms with Crippen LogP contribution < -0.4 is 10.4 Å². The van der Waals surface area contributed by atoms with Crippen LogP contribution >= 0.6 is 11.3 Å². The summed E-state index contributed by atoms with van der Waals surface area (Å²) < 4.78 is 7.49. The molecule has 3 rings (SSSR count). The minimum Gasteiger partial charge on any atom is -0.595 e. The van der Waals surface area contributed by atoms with Crippen LogP contribution in [0.25, 0.3) is 20.4 Å². The van der Waals surface area contributed by atoms with Crippen molar-refractivity contribution in [3.8, 4) is 0 Å². The number of hydrogen-bond acceptors (Lipinski definition) is 4. The molecule has 25 heavy (non-hydrogen) atoms. The number of hydrogen-bond donors (Lipinski definition) is 1. The average molecular weight is 356 g/mol. The Morgan fingerprint density at radius 1 is 1.16 bits per heavy atom. The molecule has 0 aliphatic carbocycles. The maximum absolute atomic E-state index is 11.6. The lowest BCUT2D eigenvalue weighted by molar-refractivity contribution is -0.568. The molecule has 130 valence electrons. The Hall–Kier alpha value is -2.31. The molecule has 0 unspecified atom stereocenters. The van der Waals surface area contributed by atoms with Gasteiger partial charge in [0.1, 0.15) is 29.3 Å². The summed E-state index contributed by atoms with van der Waals surface area (Å²) in [5, 5.41) is 13.6. The number of aromatic nitrogens is 1. The summed E-state index contributed by atoms with van der Waals surface area (Å²) in [6.45, 7) is 6.62. The summed E-state index contributed by atoms with van der Waals surface area (Å²) in [7, 11) is 0. The molecule has 1 heterocycles. The van der Waals surface area contributed by atoms with Gasteiger partial charge in [-0.2, -0.15) is 0 Å². The summed E-state index contributed by atoms with van der Waals surface area (Å²) in [5.74, 6) is 0. The number of para-hydroxylation sites is 1. The highest BCUT2D eigenvalue weighted by Crippen LogP contribution is 2.26. The summed E-state index contributed by atoms with van der Waals surface area (Å²) >= 11 is 1.74. The zero-order valence-corrected chi connectivity index (χ0v) is 15.5. The first-order valence-electron chi connectivity index (χ1n) is 8.27. The largest absolute Gasteiger partial charge is 0.595 e. The molecule has 6 heteroatoms. The first-order valence-corrected chi connectivity index (χ1v) is 9.09. The zero-order valence-electron chi connectivity index (χ0n) is 14.7. The van der Waals surface area contributed by atoms with Crippen molar-refractivity contribution in [1.29, 1.82) is 0 Å². The van der Waals surface area contributed by atoms with Crippen LogP contribution in [-0.2, 0) is 4.74 Å². The molecule has 0 saturated heterocycles. The Balaban J connectivity index is 1.66. The zero-order chi connectivity index (χ0) is 17.9. The van der Waals surface area contributed by atoms with E-state index in [4.69, 9.17) is 4.74 Å². The van der Waals surface area contributed by atoms with Crippen molar-refractivity contribution in [2.75, 3.05) is 13.1 Å². The topological polar surface area (TPSA) is 74.2 Å². The van der Waals surface area contributed by atoms with Crippen molar-refractivity contribution < 1.29 is 15.2 Å². The number of ether oxygens (including phenoxy) is 1. The fraction of sp³-hybridized carbons (Fsp3) is 0.316. The normalized spacial score (nSPS) is 12.7. The maximum atomic E-state index is 11.6. The molecule has 0 aliphatic heterocycles. The van der Waals surface area contributed by atoms with Gasteiger partial charge in [0.15, 0.2) is 0 Å². The summed E-state index contributed by atoms with van der Waals surface area (Å²) in [5.41, 5.74) is 2.63. The smallest absolute Gasteiger partial charge is 0.263 e. The van der Waals surface area contributed by atoms with Gasteiger partial charge in [-0.3, -0.25) is 4.99 Å². The molecule has 0 saturated carbocycles. The molecule has 0 spiro atoms. The predicted molar refractivity (Wildman–Crippen MR) is 101 cm³/mol. The minimum absolute atomic E-state index is 0.423. The van der Waals surface area contributed by atoms with Crippen LogP contribution in [0.15, 0.2) is 47.5 Å². The van der Waals surface area contributed by atoms with E-state index in [1.54, 1.807) is 11.3 Å². The van der Waals surface area contributed by atoms with Gasteiger partial charge in [-0.15, -0.1) is 0 Å². The third-order valence-electron chi connectivity index (χ3n) is 3.45. The lowest BCUT2D eigenvalue weighted by Gasteiger charge is -2.29. The quantitative estimate of drug-likeness (QED) is 0.195. The van der Waals surface area contributed by atoms with Gasteiger partial charge in [0, 0.05) is 17.7 Å². The van der Waals surface area contributed by atoms with Crippen LogP contribution in [0.3, 0.4) is 0 Å². The van der Waals surface area contributed by atoms with E-state index in [0.717, 1.165) is 21.4 Å². The maximum Gasteiger partial charge on any atom is 0.263 e. The first-order chi connectivity index (χ1) is 11.9. The molecule has 0 aliphatic rings. The van der Waals surface area contributed by atoms with Gasteiger partial charge in [-0.25, -0.2) is 4.98 Å². The molecule has 0 atom stereocenters. The van der Waals surface area contributed by atoms with Crippen LogP contribution in [0.1, 0.15) is 20.8 Å². The van der Waals surface area contributed by atoms with E-state index in [2.05, 4.69) is 27.4 Å². The van der Waals surface area contributed by atoms with Gasteiger partial charge >= 0.3 is 0 Å². The Labute approximate surface area is 151 Å². The molecule has 0 radical (unpaired) electrons.